The van der Waals surface area contributed by atoms with E-state index in [0.717, 1.165) is 6.07 Å². The smallest absolute Gasteiger partial charge is 0.293 e. The number of hydrogen-bond donors (Lipinski definition) is 0. The van der Waals surface area contributed by atoms with Crippen LogP contribution in [0.2, 0.25) is 0 Å². The second kappa shape index (κ2) is 3.94. The SMILES string of the molecule is CC1C=Nc2c(Br)ccc(C(F)(F)F)c2C1=O. The maximum absolute atomic E-state index is 12.8. The summed E-state index contributed by atoms with van der Waals surface area (Å²) in [5, 5.41) is 0. The topological polar surface area (TPSA) is 29.4 Å². The van der Waals surface area contributed by atoms with Crippen molar-refractivity contribution in [3.63, 3.8) is 0 Å². The molecule has 0 aliphatic carbocycles. The Balaban J connectivity index is 2.76. The van der Waals surface area contributed by atoms with E-state index in [1.807, 2.05) is 0 Å². The van der Waals surface area contributed by atoms with Crippen molar-refractivity contribution in [1.29, 1.82) is 0 Å². The Bertz CT molecular complexity index is 522. The lowest BCUT2D eigenvalue weighted by Gasteiger charge is -2.19. The molecule has 0 N–H and O–H groups in total. The molecule has 0 bridgehead atoms. The molecule has 0 radical (unpaired) electrons. The highest BCUT2D eigenvalue weighted by atomic mass is 79.9. The van der Waals surface area contributed by atoms with Gasteiger partial charge in [0.15, 0.2) is 5.78 Å². The maximum atomic E-state index is 12.8. The molecule has 0 aromatic heterocycles. The standard InChI is InChI=1S/C11H7BrF3NO/c1-5-4-16-9-7(12)3-2-6(11(13,14)15)8(9)10(5)17/h2-5H,1H3. The zero-order chi connectivity index (χ0) is 12.8. The molecule has 1 aromatic carbocycles. The van der Waals surface area contributed by atoms with Crippen LogP contribution in [0.15, 0.2) is 21.6 Å². The van der Waals surface area contributed by atoms with Gasteiger partial charge in [-0.3, -0.25) is 9.79 Å². The number of halogens is 4. The molecular weight excluding hydrogens is 299 g/mol. The van der Waals surface area contributed by atoms with Crippen molar-refractivity contribution in [3.8, 4) is 0 Å². The fraction of sp³-hybridized carbons (Fsp3) is 0.273. The Morgan fingerprint density at radius 2 is 2.00 bits per heavy atom. The Morgan fingerprint density at radius 3 is 2.59 bits per heavy atom. The van der Waals surface area contributed by atoms with Gasteiger partial charge in [-0.05, 0) is 28.1 Å². The summed E-state index contributed by atoms with van der Waals surface area (Å²) in [5.74, 6) is -1.18. The lowest BCUT2D eigenvalue weighted by molar-refractivity contribution is -0.137. The molecule has 17 heavy (non-hydrogen) atoms. The van der Waals surface area contributed by atoms with Crippen LogP contribution in [0, 0.1) is 5.92 Å². The molecule has 1 unspecified atom stereocenters. The highest BCUT2D eigenvalue weighted by molar-refractivity contribution is 9.10. The van der Waals surface area contributed by atoms with Crippen molar-refractivity contribution in [2.75, 3.05) is 0 Å². The highest BCUT2D eigenvalue weighted by Gasteiger charge is 2.38. The molecule has 0 saturated carbocycles. The van der Waals surface area contributed by atoms with Gasteiger partial charge in [-0.25, -0.2) is 0 Å². The van der Waals surface area contributed by atoms with Crippen LogP contribution in [-0.2, 0) is 6.18 Å². The molecule has 2 nitrogen and oxygen atoms in total. The number of alkyl halides is 3. The summed E-state index contributed by atoms with van der Waals surface area (Å²) in [4.78, 5) is 15.7. The summed E-state index contributed by atoms with van der Waals surface area (Å²) in [5.41, 5.74) is -1.21. The number of carbonyl (C=O) groups excluding carboxylic acids is 1. The summed E-state index contributed by atoms with van der Waals surface area (Å²) in [6.07, 6.45) is -3.19. The second-order valence-electron chi connectivity index (χ2n) is 3.75. The van der Waals surface area contributed by atoms with Gasteiger partial charge in [-0.2, -0.15) is 13.2 Å². The first kappa shape index (κ1) is 12.3. The van der Waals surface area contributed by atoms with Gasteiger partial charge in [-0.15, -0.1) is 0 Å². The summed E-state index contributed by atoms with van der Waals surface area (Å²) in [6, 6.07) is 2.15. The minimum absolute atomic E-state index is 0.0583. The van der Waals surface area contributed by atoms with Crippen molar-refractivity contribution < 1.29 is 18.0 Å². The largest absolute Gasteiger partial charge is 0.417 e. The molecule has 1 aromatic rings. The van der Waals surface area contributed by atoms with Crippen LogP contribution in [0.3, 0.4) is 0 Å². The Kier molecular flexibility index (Phi) is 2.85. The predicted octanol–water partition coefficient (Wildman–Crippen LogP) is 4.00. The normalized spacial score (nSPS) is 19.4. The predicted molar refractivity (Wildman–Crippen MR) is 60.8 cm³/mol. The minimum atomic E-state index is -4.55. The molecule has 1 heterocycles. The number of carbonyl (C=O) groups is 1. The van der Waals surface area contributed by atoms with E-state index in [1.54, 1.807) is 0 Å². The van der Waals surface area contributed by atoms with Crippen LogP contribution >= 0.6 is 15.9 Å². The fourth-order valence-corrected chi connectivity index (χ4v) is 2.09. The maximum Gasteiger partial charge on any atom is 0.417 e. The van der Waals surface area contributed by atoms with Crippen LogP contribution in [0.25, 0.3) is 0 Å². The molecule has 0 fully saturated rings. The zero-order valence-electron chi connectivity index (χ0n) is 8.68. The summed E-state index contributed by atoms with van der Waals surface area (Å²) in [7, 11) is 0. The van der Waals surface area contributed by atoms with Crippen molar-refractivity contribution in [1.82, 2.24) is 0 Å². The molecule has 1 aliphatic heterocycles. The number of hydrogen-bond acceptors (Lipinski definition) is 2. The van der Waals surface area contributed by atoms with Crippen molar-refractivity contribution in [2.24, 2.45) is 10.9 Å². The summed E-state index contributed by atoms with van der Waals surface area (Å²) in [6.45, 7) is 1.52. The monoisotopic (exact) mass is 305 g/mol. The Labute approximate surface area is 104 Å². The average molecular weight is 306 g/mol. The van der Waals surface area contributed by atoms with Crippen LogP contribution in [0.4, 0.5) is 18.9 Å². The minimum Gasteiger partial charge on any atom is -0.293 e. The van der Waals surface area contributed by atoms with Gasteiger partial charge in [0, 0.05) is 10.7 Å². The molecule has 0 amide bonds. The number of nitrogens with zero attached hydrogens (tertiary/aromatic N) is 1. The van der Waals surface area contributed by atoms with Gasteiger partial charge in [-0.1, -0.05) is 6.92 Å². The molecule has 1 aliphatic rings. The van der Waals surface area contributed by atoms with E-state index < -0.39 is 23.4 Å². The third-order valence-electron chi connectivity index (χ3n) is 2.52. The third-order valence-corrected chi connectivity index (χ3v) is 3.16. The zero-order valence-corrected chi connectivity index (χ0v) is 10.3. The number of benzene rings is 1. The van der Waals surface area contributed by atoms with E-state index >= 15 is 0 Å². The van der Waals surface area contributed by atoms with Crippen molar-refractivity contribution >= 4 is 33.6 Å². The third kappa shape index (κ3) is 2.01. The van der Waals surface area contributed by atoms with Crippen LogP contribution < -0.4 is 0 Å². The van der Waals surface area contributed by atoms with Crippen LogP contribution in [-0.4, -0.2) is 12.0 Å². The van der Waals surface area contributed by atoms with Gasteiger partial charge >= 0.3 is 6.18 Å². The highest BCUT2D eigenvalue weighted by Crippen LogP contribution is 2.42. The molecule has 2 rings (SSSR count). The molecule has 0 saturated heterocycles. The number of aliphatic imine (C=N–C) groups is 1. The molecule has 6 heteroatoms. The number of ketones is 1. The number of rotatable bonds is 0. The van der Waals surface area contributed by atoms with E-state index in [0.29, 0.717) is 4.47 Å². The average Bonchev–Trinajstić information content (AvgIpc) is 2.22. The van der Waals surface area contributed by atoms with E-state index in [1.165, 1.54) is 19.2 Å². The van der Waals surface area contributed by atoms with E-state index in [-0.39, 0.29) is 11.3 Å². The Hall–Kier alpha value is -1.17. The van der Waals surface area contributed by atoms with Gasteiger partial charge in [0.1, 0.15) is 0 Å². The van der Waals surface area contributed by atoms with Gasteiger partial charge < -0.3 is 0 Å². The summed E-state index contributed by atoms with van der Waals surface area (Å²) < 4.78 is 38.8. The first-order valence-corrected chi connectivity index (χ1v) is 5.59. The van der Waals surface area contributed by atoms with E-state index in [9.17, 15) is 18.0 Å². The van der Waals surface area contributed by atoms with Crippen molar-refractivity contribution in [3.05, 3.63) is 27.7 Å². The first-order valence-electron chi connectivity index (χ1n) is 4.80. The Morgan fingerprint density at radius 1 is 1.35 bits per heavy atom. The fourth-order valence-electron chi connectivity index (χ4n) is 1.66. The van der Waals surface area contributed by atoms with E-state index in [2.05, 4.69) is 20.9 Å². The van der Waals surface area contributed by atoms with Gasteiger partial charge in [0.2, 0.25) is 0 Å². The first-order chi connectivity index (χ1) is 7.82. The summed E-state index contributed by atoms with van der Waals surface area (Å²) >= 11 is 3.10. The lowest BCUT2D eigenvalue weighted by Crippen LogP contribution is -2.21. The van der Waals surface area contributed by atoms with Crippen LogP contribution in [0.1, 0.15) is 22.8 Å². The number of Topliss-reactive ketones (excluding diaryl/α,β-unsaturated/α-hetero) is 1. The van der Waals surface area contributed by atoms with Crippen LogP contribution in [0.5, 0.6) is 0 Å². The molecular formula is C11H7BrF3NO. The lowest BCUT2D eigenvalue weighted by atomic mass is 9.92. The molecule has 1 atom stereocenters. The second-order valence-corrected chi connectivity index (χ2v) is 4.60. The quantitative estimate of drug-likeness (QED) is 0.712. The molecule has 90 valence electrons. The van der Waals surface area contributed by atoms with Crippen molar-refractivity contribution in [2.45, 2.75) is 13.1 Å². The van der Waals surface area contributed by atoms with E-state index in [4.69, 9.17) is 0 Å². The van der Waals surface area contributed by atoms with Gasteiger partial charge in [0.25, 0.3) is 0 Å². The molecule has 0 spiro atoms. The number of fused-ring (bicyclic) bond motifs is 1. The van der Waals surface area contributed by atoms with Gasteiger partial charge in [0.05, 0.1) is 22.7 Å².